The third kappa shape index (κ3) is 10.1. The van der Waals surface area contributed by atoms with Gasteiger partial charge in [0, 0.05) is 20.1 Å². The fourth-order valence-electron chi connectivity index (χ4n) is 2.58. The molecule has 0 fully saturated rings. The number of guanidine groups is 1. The Hall–Kier alpha value is -1.63. The van der Waals surface area contributed by atoms with Crippen molar-refractivity contribution in [1.29, 1.82) is 0 Å². The minimum atomic E-state index is -4.18. The zero-order valence-electron chi connectivity index (χ0n) is 17.4. The van der Waals surface area contributed by atoms with Gasteiger partial charge < -0.3 is 24.8 Å². The summed E-state index contributed by atoms with van der Waals surface area (Å²) in [4.78, 5) is 5.36. The molecule has 0 saturated carbocycles. The lowest BCUT2D eigenvalue weighted by atomic mass is 10.2. The molecule has 7 nitrogen and oxygen atoms in total. The molecule has 1 aromatic carbocycles. The molecule has 0 aliphatic carbocycles. The van der Waals surface area contributed by atoms with Gasteiger partial charge in [0.05, 0.1) is 27.9 Å². The van der Waals surface area contributed by atoms with Crippen LogP contribution in [0.25, 0.3) is 0 Å². The summed E-state index contributed by atoms with van der Waals surface area (Å²) in [5, 5.41) is 6.23. The maximum atomic E-state index is 12.3. The van der Waals surface area contributed by atoms with Crippen LogP contribution >= 0.6 is 24.0 Å². The lowest BCUT2D eigenvalue weighted by Gasteiger charge is -2.19. The molecule has 1 aromatic rings. The average Bonchev–Trinajstić information content (AvgIpc) is 2.64. The second-order valence-corrected chi connectivity index (χ2v) is 6.09. The minimum Gasteiger partial charge on any atom is -0.493 e. The lowest BCUT2D eigenvalue weighted by Crippen LogP contribution is -2.39. The summed E-state index contributed by atoms with van der Waals surface area (Å²) in [6, 6.07) is 3.65. The normalized spacial score (nSPS) is 11.7. The minimum absolute atomic E-state index is 0. The van der Waals surface area contributed by atoms with E-state index in [1.54, 1.807) is 21.3 Å². The Balaban J connectivity index is 0.00000784. The Morgan fingerprint density at radius 2 is 1.66 bits per heavy atom. The van der Waals surface area contributed by atoms with E-state index in [1.165, 1.54) is 19.1 Å². The largest absolute Gasteiger partial charge is 0.493 e. The number of nitrogens with zero attached hydrogens (tertiary/aromatic N) is 2. The van der Waals surface area contributed by atoms with Crippen LogP contribution in [-0.4, -0.2) is 72.1 Å². The molecule has 0 heterocycles. The number of hydrogen-bond acceptors (Lipinski definition) is 5. The van der Waals surface area contributed by atoms with Gasteiger partial charge in [0.2, 0.25) is 5.75 Å². The first-order valence-electron chi connectivity index (χ1n) is 8.72. The number of ether oxygens (including phenoxy) is 3. The molecule has 0 spiro atoms. The third-order valence-electron chi connectivity index (χ3n) is 3.87. The van der Waals surface area contributed by atoms with Crippen molar-refractivity contribution in [2.75, 3.05) is 55.1 Å². The van der Waals surface area contributed by atoms with Crippen molar-refractivity contribution in [2.45, 2.75) is 19.1 Å². The third-order valence-corrected chi connectivity index (χ3v) is 3.87. The van der Waals surface area contributed by atoms with Gasteiger partial charge >= 0.3 is 6.18 Å². The van der Waals surface area contributed by atoms with Gasteiger partial charge in [0.25, 0.3) is 0 Å². The molecular formula is C18H30F3IN4O3. The SMILES string of the molecule is CN=C(NCCCN(C)CC(F)(F)F)NCc1cc(OC)c(OC)c(OC)c1.I. The second kappa shape index (κ2) is 13.6. The Labute approximate surface area is 187 Å². The van der Waals surface area contributed by atoms with Gasteiger partial charge in [0.15, 0.2) is 17.5 Å². The summed E-state index contributed by atoms with van der Waals surface area (Å²) in [5.41, 5.74) is 0.891. The average molecular weight is 534 g/mol. The Morgan fingerprint density at radius 1 is 1.07 bits per heavy atom. The van der Waals surface area contributed by atoms with Crippen molar-refractivity contribution >= 4 is 29.9 Å². The Kier molecular flexibility index (Phi) is 12.8. The summed E-state index contributed by atoms with van der Waals surface area (Å²) in [6.45, 7) is 0.360. The van der Waals surface area contributed by atoms with Gasteiger partial charge in [-0.1, -0.05) is 0 Å². The van der Waals surface area contributed by atoms with E-state index in [2.05, 4.69) is 15.6 Å². The molecule has 0 aliphatic rings. The van der Waals surface area contributed by atoms with E-state index < -0.39 is 12.7 Å². The molecular weight excluding hydrogens is 504 g/mol. The van der Waals surface area contributed by atoms with Crippen molar-refractivity contribution in [3.8, 4) is 17.2 Å². The number of halogens is 4. The van der Waals surface area contributed by atoms with E-state index in [-0.39, 0.29) is 24.0 Å². The number of benzene rings is 1. The molecule has 0 saturated heterocycles. The molecule has 0 radical (unpaired) electrons. The molecule has 0 bridgehead atoms. The molecule has 0 aliphatic heterocycles. The van der Waals surface area contributed by atoms with Gasteiger partial charge in [-0.3, -0.25) is 9.89 Å². The van der Waals surface area contributed by atoms with Crippen molar-refractivity contribution < 1.29 is 27.4 Å². The maximum Gasteiger partial charge on any atom is 0.401 e. The summed E-state index contributed by atoms with van der Waals surface area (Å²) < 4.78 is 52.9. The predicted octanol–water partition coefficient (Wildman–Crippen LogP) is 2.88. The van der Waals surface area contributed by atoms with Gasteiger partial charge in [-0.05, 0) is 37.7 Å². The van der Waals surface area contributed by atoms with E-state index in [0.29, 0.717) is 49.3 Å². The van der Waals surface area contributed by atoms with Crippen LogP contribution < -0.4 is 24.8 Å². The highest BCUT2D eigenvalue weighted by atomic mass is 127. The van der Waals surface area contributed by atoms with Crippen LogP contribution in [0.2, 0.25) is 0 Å². The zero-order valence-corrected chi connectivity index (χ0v) is 19.7. The first-order chi connectivity index (χ1) is 13.2. The number of rotatable bonds is 10. The molecule has 0 aromatic heterocycles. The van der Waals surface area contributed by atoms with E-state index in [9.17, 15) is 13.2 Å². The van der Waals surface area contributed by atoms with E-state index >= 15 is 0 Å². The number of alkyl halides is 3. The molecule has 0 atom stereocenters. The van der Waals surface area contributed by atoms with Crippen molar-refractivity contribution in [3.05, 3.63) is 17.7 Å². The van der Waals surface area contributed by atoms with Gasteiger partial charge in [0.1, 0.15) is 0 Å². The van der Waals surface area contributed by atoms with Crippen molar-refractivity contribution in [1.82, 2.24) is 15.5 Å². The number of hydrogen-bond donors (Lipinski definition) is 2. The lowest BCUT2D eigenvalue weighted by molar-refractivity contribution is -0.143. The molecule has 168 valence electrons. The van der Waals surface area contributed by atoms with Crippen LogP contribution in [-0.2, 0) is 6.54 Å². The first-order valence-corrected chi connectivity index (χ1v) is 8.72. The highest BCUT2D eigenvalue weighted by Gasteiger charge is 2.28. The first kappa shape index (κ1) is 27.4. The van der Waals surface area contributed by atoms with E-state index in [1.807, 2.05) is 12.1 Å². The summed E-state index contributed by atoms with van der Waals surface area (Å²) in [6.07, 6.45) is -3.63. The van der Waals surface area contributed by atoms with Crippen LogP contribution in [0.3, 0.4) is 0 Å². The van der Waals surface area contributed by atoms with E-state index in [0.717, 1.165) is 5.56 Å². The Morgan fingerprint density at radius 3 is 2.10 bits per heavy atom. The van der Waals surface area contributed by atoms with Gasteiger partial charge in [-0.2, -0.15) is 13.2 Å². The van der Waals surface area contributed by atoms with Gasteiger partial charge in [-0.25, -0.2) is 0 Å². The quantitative estimate of drug-likeness (QED) is 0.208. The highest BCUT2D eigenvalue weighted by molar-refractivity contribution is 14.0. The fourth-order valence-corrected chi connectivity index (χ4v) is 2.58. The summed E-state index contributed by atoms with van der Waals surface area (Å²) in [7, 11) is 7.71. The fraction of sp³-hybridized carbons (Fsp3) is 0.611. The van der Waals surface area contributed by atoms with E-state index in [4.69, 9.17) is 14.2 Å². The topological polar surface area (TPSA) is 67.4 Å². The molecule has 11 heteroatoms. The molecule has 1 rings (SSSR count). The summed E-state index contributed by atoms with van der Waals surface area (Å²) in [5.74, 6) is 2.16. The highest BCUT2D eigenvalue weighted by Crippen LogP contribution is 2.38. The smallest absolute Gasteiger partial charge is 0.401 e. The monoisotopic (exact) mass is 534 g/mol. The zero-order chi connectivity index (χ0) is 21.2. The van der Waals surface area contributed by atoms with Crippen LogP contribution in [0.15, 0.2) is 17.1 Å². The van der Waals surface area contributed by atoms with Gasteiger partial charge in [-0.15, -0.1) is 24.0 Å². The second-order valence-electron chi connectivity index (χ2n) is 6.09. The van der Waals surface area contributed by atoms with Crippen molar-refractivity contribution in [2.24, 2.45) is 4.99 Å². The molecule has 0 unspecified atom stereocenters. The standard InChI is InChI=1S/C18H29F3N4O3.HI/c1-22-17(23-7-6-8-25(2)12-18(19,20)21)24-11-13-9-14(26-3)16(28-5)15(10-13)27-4;/h9-10H,6-8,11-12H2,1-5H3,(H2,22,23,24);1H. The number of methoxy groups -OCH3 is 3. The van der Waals surface area contributed by atoms with Crippen LogP contribution in [0.5, 0.6) is 17.2 Å². The van der Waals surface area contributed by atoms with Crippen LogP contribution in [0, 0.1) is 0 Å². The van der Waals surface area contributed by atoms with Crippen LogP contribution in [0.4, 0.5) is 13.2 Å². The Bertz CT molecular complexity index is 620. The number of nitrogens with one attached hydrogen (secondary N) is 2. The summed E-state index contributed by atoms with van der Waals surface area (Å²) >= 11 is 0. The maximum absolute atomic E-state index is 12.3. The molecule has 29 heavy (non-hydrogen) atoms. The molecule has 0 amide bonds. The molecule has 2 N–H and O–H groups in total. The van der Waals surface area contributed by atoms with Crippen molar-refractivity contribution in [3.63, 3.8) is 0 Å². The van der Waals surface area contributed by atoms with Crippen LogP contribution in [0.1, 0.15) is 12.0 Å². The predicted molar refractivity (Wildman–Crippen MR) is 118 cm³/mol. The number of aliphatic imine (C=N–C) groups is 1.